The summed E-state index contributed by atoms with van der Waals surface area (Å²) in [6.45, 7) is 4.34. The third-order valence-corrected chi connectivity index (χ3v) is 2.83. The molecule has 0 radical (unpaired) electrons. The Hall–Kier alpha value is -1.58. The van der Waals surface area contributed by atoms with Crippen molar-refractivity contribution in [3.63, 3.8) is 0 Å². The highest BCUT2D eigenvalue weighted by Crippen LogP contribution is 2.27. The van der Waals surface area contributed by atoms with E-state index in [4.69, 9.17) is 22.1 Å². The highest BCUT2D eigenvalue weighted by molar-refractivity contribution is 6.30. The number of hydrogen-bond donors (Lipinski definition) is 1. The van der Waals surface area contributed by atoms with Crippen LogP contribution in [0.3, 0.4) is 0 Å². The topological polar surface area (TPSA) is 48.1 Å². The molecule has 0 atom stereocenters. The first-order chi connectivity index (χ1) is 8.58. The number of nitrogens with zero attached hydrogens (tertiary/aromatic N) is 1. The summed E-state index contributed by atoms with van der Waals surface area (Å²) in [5.74, 6) is 1.25. The number of rotatable bonds is 3. The molecule has 1 aromatic heterocycles. The van der Waals surface area contributed by atoms with Crippen molar-refractivity contribution >= 4 is 11.6 Å². The van der Waals surface area contributed by atoms with Crippen molar-refractivity contribution in [3.8, 4) is 11.6 Å². The lowest BCUT2D eigenvalue weighted by Gasteiger charge is -2.10. The molecule has 1 aromatic carbocycles. The van der Waals surface area contributed by atoms with Crippen molar-refractivity contribution < 1.29 is 4.74 Å². The molecule has 0 aliphatic rings. The molecule has 0 aliphatic carbocycles. The summed E-state index contributed by atoms with van der Waals surface area (Å²) < 4.78 is 5.76. The monoisotopic (exact) mass is 262 g/mol. The van der Waals surface area contributed by atoms with Gasteiger partial charge in [-0.25, -0.2) is 4.98 Å². The second kappa shape index (κ2) is 5.38. The Morgan fingerprint density at radius 3 is 2.72 bits per heavy atom. The zero-order chi connectivity index (χ0) is 13.1. The zero-order valence-electron chi connectivity index (χ0n) is 10.4. The van der Waals surface area contributed by atoms with Crippen molar-refractivity contribution in [1.82, 2.24) is 4.98 Å². The molecule has 0 saturated heterocycles. The second-order valence-electron chi connectivity index (χ2n) is 4.17. The normalized spacial score (nSPS) is 10.4. The van der Waals surface area contributed by atoms with Gasteiger partial charge in [0.15, 0.2) is 0 Å². The van der Waals surface area contributed by atoms with Crippen molar-refractivity contribution in [2.45, 2.75) is 20.4 Å². The van der Waals surface area contributed by atoms with Crippen LogP contribution in [-0.4, -0.2) is 4.98 Å². The van der Waals surface area contributed by atoms with Gasteiger partial charge in [-0.05, 0) is 43.2 Å². The Morgan fingerprint density at radius 1 is 1.22 bits per heavy atom. The average molecular weight is 263 g/mol. The predicted molar refractivity (Wildman–Crippen MR) is 73.1 cm³/mol. The van der Waals surface area contributed by atoms with Gasteiger partial charge >= 0.3 is 0 Å². The van der Waals surface area contributed by atoms with Gasteiger partial charge in [0.05, 0.1) is 0 Å². The van der Waals surface area contributed by atoms with Crippen LogP contribution in [-0.2, 0) is 6.54 Å². The number of pyridine rings is 1. The lowest BCUT2D eigenvalue weighted by molar-refractivity contribution is 0.457. The van der Waals surface area contributed by atoms with Crippen LogP contribution in [0, 0.1) is 13.8 Å². The van der Waals surface area contributed by atoms with Crippen molar-refractivity contribution in [3.05, 3.63) is 52.2 Å². The quantitative estimate of drug-likeness (QED) is 0.919. The molecule has 94 valence electrons. The maximum absolute atomic E-state index is 5.95. The van der Waals surface area contributed by atoms with Crippen LogP contribution in [0.4, 0.5) is 0 Å². The molecule has 1 heterocycles. The van der Waals surface area contributed by atoms with E-state index in [-0.39, 0.29) is 0 Å². The predicted octanol–water partition coefficient (Wildman–Crippen LogP) is 3.60. The summed E-state index contributed by atoms with van der Waals surface area (Å²) >= 11 is 5.95. The van der Waals surface area contributed by atoms with Gasteiger partial charge in [-0.15, -0.1) is 0 Å². The summed E-state index contributed by atoms with van der Waals surface area (Å²) in [5, 5.41) is 0.641. The number of halogens is 1. The summed E-state index contributed by atoms with van der Waals surface area (Å²) in [6, 6.07) is 9.31. The summed E-state index contributed by atoms with van der Waals surface area (Å²) in [5.41, 5.74) is 8.52. The molecule has 2 N–H and O–H groups in total. The van der Waals surface area contributed by atoms with Crippen molar-refractivity contribution in [1.29, 1.82) is 0 Å². The van der Waals surface area contributed by atoms with Gasteiger partial charge < -0.3 is 10.5 Å². The molecule has 2 rings (SSSR count). The standard InChI is InChI=1S/C14H15ClN2O/c1-9-3-4-12(15)7-13(9)18-14-6-11(8-16)5-10(2)17-14/h3-7H,8,16H2,1-2H3. The molecule has 0 fully saturated rings. The molecular formula is C14H15ClN2O. The molecule has 0 unspecified atom stereocenters. The fourth-order valence-electron chi connectivity index (χ4n) is 1.67. The fourth-order valence-corrected chi connectivity index (χ4v) is 1.84. The Balaban J connectivity index is 2.33. The first-order valence-electron chi connectivity index (χ1n) is 5.70. The smallest absolute Gasteiger partial charge is 0.219 e. The summed E-state index contributed by atoms with van der Waals surface area (Å²) in [7, 11) is 0. The molecule has 2 aromatic rings. The van der Waals surface area contributed by atoms with Gasteiger partial charge in [0.1, 0.15) is 5.75 Å². The number of benzene rings is 1. The van der Waals surface area contributed by atoms with Crippen LogP contribution in [0.5, 0.6) is 11.6 Å². The summed E-state index contributed by atoms with van der Waals surface area (Å²) in [6.07, 6.45) is 0. The van der Waals surface area contributed by atoms with E-state index in [2.05, 4.69) is 4.98 Å². The van der Waals surface area contributed by atoms with Crippen LogP contribution in [0.2, 0.25) is 5.02 Å². The Morgan fingerprint density at radius 2 is 2.00 bits per heavy atom. The van der Waals surface area contributed by atoms with E-state index in [0.717, 1.165) is 16.8 Å². The Labute approximate surface area is 112 Å². The van der Waals surface area contributed by atoms with E-state index in [9.17, 15) is 0 Å². The minimum Gasteiger partial charge on any atom is -0.439 e. The molecule has 0 spiro atoms. The van der Waals surface area contributed by atoms with Crippen LogP contribution in [0.15, 0.2) is 30.3 Å². The van der Waals surface area contributed by atoms with E-state index in [1.807, 2.05) is 38.1 Å². The Kier molecular flexibility index (Phi) is 3.84. The minimum absolute atomic E-state index is 0.467. The van der Waals surface area contributed by atoms with Gasteiger partial charge in [-0.1, -0.05) is 17.7 Å². The minimum atomic E-state index is 0.467. The second-order valence-corrected chi connectivity index (χ2v) is 4.61. The number of nitrogens with two attached hydrogens (primary N) is 1. The van der Waals surface area contributed by atoms with Gasteiger partial charge in [0, 0.05) is 23.3 Å². The maximum atomic E-state index is 5.95. The van der Waals surface area contributed by atoms with Crippen LogP contribution in [0.1, 0.15) is 16.8 Å². The third-order valence-electron chi connectivity index (χ3n) is 2.59. The molecule has 0 saturated carbocycles. The average Bonchev–Trinajstić information content (AvgIpc) is 2.33. The molecule has 0 amide bonds. The Bertz CT molecular complexity index is 570. The molecule has 4 heteroatoms. The lowest BCUT2D eigenvalue weighted by atomic mass is 10.2. The van der Waals surface area contributed by atoms with E-state index >= 15 is 0 Å². The van der Waals surface area contributed by atoms with E-state index < -0.39 is 0 Å². The molecular weight excluding hydrogens is 248 g/mol. The number of hydrogen-bond acceptors (Lipinski definition) is 3. The van der Waals surface area contributed by atoms with E-state index in [1.165, 1.54) is 0 Å². The van der Waals surface area contributed by atoms with Gasteiger partial charge in [-0.2, -0.15) is 0 Å². The van der Waals surface area contributed by atoms with E-state index in [1.54, 1.807) is 6.07 Å². The van der Waals surface area contributed by atoms with Crippen molar-refractivity contribution in [2.24, 2.45) is 5.73 Å². The van der Waals surface area contributed by atoms with Gasteiger partial charge in [0.25, 0.3) is 0 Å². The fraction of sp³-hybridized carbons (Fsp3) is 0.214. The molecule has 3 nitrogen and oxygen atoms in total. The highest BCUT2D eigenvalue weighted by Gasteiger charge is 2.05. The summed E-state index contributed by atoms with van der Waals surface area (Å²) in [4.78, 5) is 4.33. The molecule has 0 bridgehead atoms. The molecule has 18 heavy (non-hydrogen) atoms. The van der Waals surface area contributed by atoms with Crippen LogP contribution >= 0.6 is 11.6 Å². The number of ether oxygens (including phenoxy) is 1. The van der Waals surface area contributed by atoms with Crippen LogP contribution < -0.4 is 10.5 Å². The number of aromatic nitrogens is 1. The van der Waals surface area contributed by atoms with Crippen molar-refractivity contribution in [2.75, 3.05) is 0 Å². The molecule has 0 aliphatic heterocycles. The van der Waals surface area contributed by atoms with Gasteiger partial charge in [-0.3, -0.25) is 0 Å². The zero-order valence-corrected chi connectivity index (χ0v) is 11.2. The van der Waals surface area contributed by atoms with E-state index in [0.29, 0.717) is 23.2 Å². The SMILES string of the molecule is Cc1cc(CN)cc(Oc2cc(Cl)ccc2C)n1. The third kappa shape index (κ3) is 3.00. The van der Waals surface area contributed by atoms with Gasteiger partial charge in [0.2, 0.25) is 5.88 Å². The largest absolute Gasteiger partial charge is 0.439 e. The number of aryl methyl sites for hydroxylation is 2. The van der Waals surface area contributed by atoms with Crippen LogP contribution in [0.25, 0.3) is 0 Å². The maximum Gasteiger partial charge on any atom is 0.219 e. The first-order valence-corrected chi connectivity index (χ1v) is 6.08. The first kappa shape index (κ1) is 12.9. The highest BCUT2D eigenvalue weighted by atomic mass is 35.5. The lowest BCUT2D eigenvalue weighted by Crippen LogP contribution is -1.99.